The summed E-state index contributed by atoms with van der Waals surface area (Å²) in [6.45, 7) is 2.87. The fourth-order valence-electron chi connectivity index (χ4n) is 1.16. The molecule has 0 fully saturated rings. The third-order valence-electron chi connectivity index (χ3n) is 2.02. The van der Waals surface area contributed by atoms with E-state index in [4.69, 9.17) is 16.3 Å². The predicted octanol–water partition coefficient (Wildman–Crippen LogP) is 3.34. The summed E-state index contributed by atoms with van der Waals surface area (Å²) in [5.41, 5.74) is 0.610. The maximum absolute atomic E-state index is 11.6. The first-order valence-electron chi connectivity index (χ1n) is 5.10. The third-order valence-corrected chi connectivity index (χ3v) is 2.26. The Kier molecular flexibility index (Phi) is 5.37. The van der Waals surface area contributed by atoms with Gasteiger partial charge in [0, 0.05) is 17.2 Å². The van der Waals surface area contributed by atoms with Gasteiger partial charge in [-0.2, -0.15) is 0 Å². The normalized spacial score (nSPS) is 10.3. The molecule has 0 heterocycles. The number of halogens is 1. The van der Waals surface area contributed by atoms with Gasteiger partial charge in [-0.1, -0.05) is 37.1 Å². The lowest BCUT2D eigenvalue weighted by atomic mass is 10.1. The lowest BCUT2D eigenvalue weighted by molar-refractivity contribution is 0.0754. The minimum absolute atomic E-state index is 0.0198. The van der Waals surface area contributed by atoms with Crippen LogP contribution in [-0.4, -0.2) is 19.0 Å². The van der Waals surface area contributed by atoms with E-state index >= 15 is 0 Å². The largest absolute Gasteiger partial charge is 0.373 e. The smallest absolute Gasteiger partial charge is 0.188 e. The predicted molar refractivity (Wildman–Crippen MR) is 61.5 cm³/mol. The average molecular weight is 227 g/mol. The SMILES string of the molecule is CCCCOCC(=O)c1cccc(Cl)c1. The quantitative estimate of drug-likeness (QED) is 0.549. The Morgan fingerprint density at radius 3 is 2.93 bits per heavy atom. The van der Waals surface area contributed by atoms with E-state index in [1.165, 1.54) is 0 Å². The van der Waals surface area contributed by atoms with Crippen molar-refractivity contribution < 1.29 is 9.53 Å². The molecule has 0 unspecified atom stereocenters. The molecule has 0 spiro atoms. The van der Waals surface area contributed by atoms with E-state index in [0.717, 1.165) is 12.8 Å². The standard InChI is InChI=1S/C12H15ClO2/c1-2-3-7-15-9-12(14)10-5-4-6-11(13)8-10/h4-6,8H,2-3,7,9H2,1H3. The first-order chi connectivity index (χ1) is 7.24. The van der Waals surface area contributed by atoms with Crippen LogP contribution in [0.15, 0.2) is 24.3 Å². The number of carbonyl (C=O) groups excluding carboxylic acids is 1. The average Bonchev–Trinajstić information content (AvgIpc) is 2.24. The highest BCUT2D eigenvalue weighted by atomic mass is 35.5. The second kappa shape index (κ2) is 6.59. The number of benzene rings is 1. The van der Waals surface area contributed by atoms with Gasteiger partial charge in [0.2, 0.25) is 0 Å². The molecule has 2 nitrogen and oxygen atoms in total. The van der Waals surface area contributed by atoms with Crippen molar-refractivity contribution in [1.29, 1.82) is 0 Å². The number of unbranched alkanes of at least 4 members (excludes halogenated alkanes) is 1. The summed E-state index contributed by atoms with van der Waals surface area (Å²) in [7, 11) is 0. The van der Waals surface area contributed by atoms with Crippen LogP contribution in [0.3, 0.4) is 0 Å². The van der Waals surface area contributed by atoms with Crippen molar-refractivity contribution in [3.05, 3.63) is 34.9 Å². The molecule has 1 aromatic rings. The molecule has 1 aromatic carbocycles. The molecule has 0 radical (unpaired) electrons. The van der Waals surface area contributed by atoms with Gasteiger partial charge in [-0.15, -0.1) is 0 Å². The van der Waals surface area contributed by atoms with Gasteiger partial charge >= 0.3 is 0 Å². The first-order valence-corrected chi connectivity index (χ1v) is 5.48. The number of hydrogen-bond acceptors (Lipinski definition) is 2. The molecular formula is C12H15ClO2. The molecule has 3 heteroatoms. The van der Waals surface area contributed by atoms with Crippen molar-refractivity contribution in [1.82, 2.24) is 0 Å². The van der Waals surface area contributed by atoms with Crippen LogP contribution >= 0.6 is 11.6 Å². The zero-order valence-electron chi connectivity index (χ0n) is 8.83. The van der Waals surface area contributed by atoms with Crippen LogP contribution in [0.5, 0.6) is 0 Å². The molecule has 0 saturated carbocycles. The highest BCUT2D eigenvalue weighted by Crippen LogP contribution is 2.11. The number of ketones is 1. The van der Waals surface area contributed by atoms with Gasteiger partial charge in [0.1, 0.15) is 6.61 Å². The van der Waals surface area contributed by atoms with Crippen molar-refractivity contribution in [2.75, 3.05) is 13.2 Å². The van der Waals surface area contributed by atoms with Crippen LogP contribution in [0, 0.1) is 0 Å². The Bertz CT molecular complexity index is 323. The van der Waals surface area contributed by atoms with Crippen LogP contribution in [0.1, 0.15) is 30.1 Å². The summed E-state index contributed by atoms with van der Waals surface area (Å²) < 4.78 is 5.24. The van der Waals surface area contributed by atoms with Crippen molar-refractivity contribution >= 4 is 17.4 Å². The van der Waals surface area contributed by atoms with Gasteiger partial charge in [-0.3, -0.25) is 4.79 Å². The second-order valence-corrected chi connectivity index (χ2v) is 3.78. The van der Waals surface area contributed by atoms with Crippen molar-refractivity contribution in [3.8, 4) is 0 Å². The maximum Gasteiger partial charge on any atom is 0.188 e. The number of Topliss-reactive ketones (excluding diaryl/α,β-unsaturated/α-hetero) is 1. The number of rotatable bonds is 6. The van der Waals surface area contributed by atoms with Gasteiger partial charge in [0.15, 0.2) is 5.78 Å². The van der Waals surface area contributed by atoms with Crippen LogP contribution < -0.4 is 0 Å². The molecule has 0 N–H and O–H groups in total. The Labute approximate surface area is 95.2 Å². The molecule has 15 heavy (non-hydrogen) atoms. The summed E-state index contributed by atoms with van der Waals surface area (Å²) in [6.07, 6.45) is 2.06. The molecular weight excluding hydrogens is 212 g/mol. The molecule has 0 aliphatic rings. The second-order valence-electron chi connectivity index (χ2n) is 3.34. The molecule has 0 saturated heterocycles. The Morgan fingerprint density at radius 2 is 2.27 bits per heavy atom. The summed E-state index contributed by atoms with van der Waals surface area (Å²) in [5, 5.41) is 0.578. The maximum atomic E-state index is 11.6. The zero-order chi connectivity index (χ0) is 11.1. The van der Waals surface area contributed by atoms with Gasteiger partial charge in [-0.25, -0.2) is 0 Å². The summed E-state index contributed by atoms with van der Waals surface area (Å²) in [4.78, 5) is 11.6. The number of carbonyl (C=O) groups is 1. The van der Waals surface area contributed by atoms with Crippen LogP contribution in [0.25, 0.3) is 0 Å². The van der Waals surface area contributed by atoms with Crippen LogP contribution in [-0.2, 0) is 4.74 Å². The Morgan fingerprint density at radius 1 is 1.47 bits per heavy atom. The third kappa shape index (κ3) is 4.45. The minimum Gasteiger partial charge on any atom is -0.373 e. The lowest BCUT2D eigenvalue weighted by Crippen LogP contribution is -2.09. The summed E-state index contributed by atoms with van der Waals surface area (Å²) in [5.74, 6) is -0.0198. The van der Waals surface area contributed by atoms with Gasteiger partial charge in [0.25, 0.3) is 0 Å². The topological polar surface area (TPSA) is 26.3 Å². The number of ether oxygens (including phenoxy) is 1. The van der Waals surface area contributed by atoms with E-state index < -0.39 is 0 Å². The Hall–Kier alpha value is -0.860. The fourth-order valence-corrected chi connectivity index (χ4v) is 1.35. The molecule has 0 aromatic heterocycles. The summed E-state index contributed by atoms with van der Waals surface area (Å²) >= 11 is 5.78. The zero-order valence-corrected chi connectivity index (χ0v) is 9.59. The van der Waals surface area contributed by atoms with Crippen LogP contribution in [0.4, 0.5) is 0 Å². The highest BCUT2D eigenvalue weighted by Gasteiger charge is 2.05. The molecule has 0 amide bonds. The van der Waals surface area contributed by atoms with Crippen LogP contribution in [0.2, 0.25) is 5.02 Å². The minimum atomic E-state index is -0.0198. The van der Waals surface area contributed by atoms with E-state index in [9.17, 15) is 4.79 Å². The first kappa shape index (κ1) is 12.2. The molecule has 0 bridgehead atoms. The molecule has 0 aliphatic carbocycles. The van der Waals surface area contributed by atoms with E-state index in [2.05, 4.69) is 6.92 Å². The Balaban J connectivity index is 2.40. The number of hydrogen-bond donors (Lipinski definition) is 0. The fraction of sp³-hybridized carbons (Fsp3) is 0.417. The molecule has 1 rings (SSSR count). The lowest BCUT2D eigenvalue weighted by Gasteiger charge is -2.03. The monoisotopic (exact) mass is 226 g/mol. The van der Waals surface area contributed by atoms with Crippen molar-refractivity contribution in [2.24, 2.45) is 0 Å². The van der Waals surface area contributed by atoms with Gasteiger partial charge in [-0.05, 0) is 18.6 Å². The molecule has 0 atom stereocenters. The van der Waals surface area contributed by atoms with Crippen molar-refractivity contribution in [3.63, 3.8) is 0 Å². The summed E-state index contributed by atoms with van der Waals surface area (Å²) in [6, 6.07) is 6.92. The molecule has 82 valence electrons. The molecule has 0 aliphatic heterocycles. The van der Waals surface area contributed by atoms with E-state index in [1.54, 1.807) is 24.3 Å². The highest BCUT2D eigenvalue weighted by molar-refractivity contribution is 6.31. The van der Waals surface area contributed by atoms with Gasteiger partial charge in [0.05, 0.1) is 0 Å². The van der Waals surface area contributed by atoms with E-state index in [1.807, 2.05) is 0 Å². The van der Waals surface area contributed by atoms with E-state index in [-0.39, 0.29) is 12.4 Å². The van der Waals surface area contributed by atoms with Crippen molar-refractivity contribution in [2.45, 2.75) is 19.8 Å². The van der Waals surface area contributed by atoms with E-state index in [0.29, 0.717) is 17.2 Å². The van der Waals surface area contributed by atoms with Gasteiger partial charge < -0.3 is 4.74 Å².